The lowest BCUT2D eigenvalue weighted by Crippen LogP contribution is -2.14. The molecule has 0 saturated carbocycles. The van der Waals surface area contributed by atoms with Crippen LogP contribution in [0.15, 0.2) is 18.2 Å². The third-order valence-corrected chi connectivity index (χ3v) is 4.26. The number of hydrogen-bond donors (Lipinski definition) is 1. The number of aromatic nitrogens is 2. The summed E-state index contributed by atoms with van der Waals surface area (Å²) in [6.45, 7) is 6.64. The molecule has 0 spiro atoms. The summed E-state index contributed by atoms with van der Waals surface area (Å²) in [7, 11) is 0. The van der Waals surface area contributed by atoms with E-state index in [4.69, 9.17) is 0 Å². The number of aryl methyl sites for hydroxylation is 4. The average molecular weight is 283 g/mol. The standard InChI is InChI=1S/C17H21N3O/c1-4-20-12(3)16(11(2)19-20)17(21)18-15-9-8-13-6-5-7-14(13)10-15/h8-10H,4-7H2,1-3H3,(H,18,21). The molecular formula is C17H21N3O. The first kappa shape index (κ1) is 13.9. The SMILES string of the molecule is CCn1nc(C)c(C(=O)Nc2ccc3c(c2)CCC3)c1C. The van der Waals surface area contributed by atoms with Gasteiger partial charge in [0.2, 0.25) is 0 Å². The summed E-state index contributed by atoms with van der Waals surface area (Å²) in [4.78, 5) is 12.5. The van der Waals surface area contributed by atoms with Crippen molar-refractivity contribution in [3.05, 3.63) is 46.3 Å². The van der Waals surface area contributed by atoms with E-state index in [1.165, 1.54) is 17.5 Å². The minimum absolute atomic E-state index is 0.0670. The highest BCUT2D eigenvalue weighted by Gasteiger charge is 2.19. The van der Waals surface area contributed by atoms with E-state index in [0.29, 0.717) is 5.56 Å². The first-order valence-corrected chi connectivity index (χ1v) is 7.57. The molecule has 1 aromatic carbocycles. The fraction of sp³-hybridized carbons (Fsp3) is 0.412. The minimum atomic E-state index is -0.0670. The number of anilines is 1. The number of fused-ring (bicyclic) bond motifs is 1. The molecule has 1 aliphatic rings. The van der Waals surface area contributed by atoms with E-state index >= 15 is 0 Å². The van der Waals surface area contributed by atoms with Gasteiger partial charge in [-0.25, -0.2) is 0 Å². The summed E-state index contributed by atoms with van der Waals surface area (Å²) >= 11 is 0. The van der Waals surface area contributed by atoms with E-state index in [0.717, 1.165) is 36.5 Å². The molecule has 0 unspecified atom stereocenters. The highest BCUT2D eigenvalue weighted by atomic mass is 16.1. The van der Waals surface area contributed by atoms with Crippen LogP contribution in [-0.2, 0) is 19.4 Å². The lowest BCUT2D eigenvalue weighted by molar-refractivity contribution is 0.102. The van der Waals surface area contributed by atoms with E-state index in [9.17, 15) is 4.79 Å². The van der Waals surface area contributed by atoms with Gasteiger partial charge in [-0.3, -0.25) is 9.48 Å². The molecule has 0 bridgehead atoms. The smallest absolute Gasteiger partial charge is 0.259 e. The van der Waals surface area contributed by atoms with Crippen LogP contribution in [0.5, 0.6) is 0 Å². The van der Waals surface area contributed by atoms with Crippen LogP contribution in [0.3, 0.4) is 0 Å². The molecule has 1 aliphatic carbocycles. The van der Waals surface area contributed by atoms with Gasteiger partial charge in [0.1, 0.15) is 0 Å². The van der Waals surface area contributed by atoms with Crippen molar-refractivity contribution >= 4 is 11.6 Å². The Kier molecular flexibility index (Phi) is 3.53. The second kappa shape index (κ2) is 5.35. The van der Waals surface area contributed by atoms with E-state index < -0.39 is 0 Å². The van der Waals surface area contributed by atoms with Crippen molar-refractivity contribution in [1.29, 1.82) is 0 Å². The van der Waals surface area contributed by atoms with Crippen molar-refractivity contribution < 1.29 is 4.79 Å². The Morgan fingerprint density at radius 3 is 2.76 bits per heavy atom. The molecule has 1 amide bonds. The Balaban J connectivity index is 1.85. The van der Waals surface area contributed by atoms with E-state index in [1.54, 1.807) is 0 Å². The van der Waals surface area contributed by atoms with Gasteiger partial charge < -0.3 is 5.32 Å². The first-order chi connectivity index (χ1) is 10.1. The topological polar surface area (TPSA) is 46.9 Å². The van der Waals surface area contributed by atoms with Gasteiger partial charge in [-0.15, -0.1) is 0 Å². The van der Waals surface area contributed by atoms with Gasteiger partial charge in [0.15, 0.2) is 0 Å². The van der Waals surface area contributed by atoms with Crippen molar-refractivity contribution in [3.63, 3.8) is 0 Å². The van der Waals surface area contributed by atoms with Crippen molar-refractivity contribution in [1.82, 2.24) is 9.78 Å². The molecule has 0 radical (unpaired) electrons. The Hall–Kier alpha value is -2.10. The zero-order valence-corrected chi connectivity index (χ0v) is 12.9. The van der Waals surface area contributed by atoms with E-state index in [1.807, 2.05) is 31.5 Å². The number of nitrogens with zero attached hydrogens (tertiary/aromatic N) is 2. The summed E-state index contributed by atoms with van der Waals surface area (Å²) < 4.78 is 1.87. The van der Waals surface area contributed by atoms with E-state index in [2.05, 4.69) is 22.5 Å². The molecule has 4 nitrogen and oxygen atoms in total. The average Bonchev–Trinajstić information content (AvgIpc) is 3.02. The molecule has 0 aliphatic heterocycles. The lowest BCUT2D eigenvalue weighted by atomic mass is 10.1. The van der Waals surface area contributed by atoms with Crippen LogP contribution in [0, 0.1) is 13.8 Å². The second-order valence-electron chi connectivity index (χ2n) is 5.65. The van der Waals surface area contributed by atoms with Crippen molar-refractivity contribution in [2.75, 3.05) is 5.32 Å². The van der Waals surface area contributed by atoms with Gasteiger partial charge >= 0.3 is 0 Å². The summed E-state index contributed by atoms with van der Waals surface area (Å²) in [5.41, 5.74) is 6.06. The molecule has 1 aromatic heterocycles. The molecule has 0 fully saturated rings. The Morgan fingerprint density at radius 1 is 1.29 bits per heavy atom. The van der Waals surface area contributed by atoms with E-state index in [-0.39, 0.29) is 5.91 Å². The fourth-order valence-corrected chi connectivity index (χ4v) is 3.18. The molecular weight excluding hydrogens is 262 g/mol. The molecule has 1 N–H and O–H groups in total. The highest BCUT2D eigenvalue weighted by Crippen LogP contribution is 2.25. The zero-order chi connectivity index (χ0) is 15.0. The molecule has 1 heterocycles. The van der Waals surface area contributed by atoms with Crippen LogP contribution < -0.4 is 5.32 Å². The van der Waals surface area contributed by atoms with Gasteiger partial charge in [0.25, 0.3) is 5.91 Å². The monoisotopic (exact) mass is 283 g/mol. The summed E-state index contributed by atoms with van der Waals surface area (Å²) in [5.74, 6) is -0.0670. The van der Waals surface area contributed by atoms with Crippen LogP contribution in [0.4, 0.5) is 5.69 Å². The number of rotatable bonds is 3. The first-order valence-electron chi connectivity index (χ1n) is 7.57. The van der Waals surface area contributed by atoms with Crippen LogP contribution in [0.2, 0.25) is 0 Å². The number of benzene rings is 1. The minimum Gasteiger partial charge on any atom is -0.322 e. The van der Waals surface area contributed by atoms with Crippen LogP contribution in [-0.4, -0.2) is 15.7 Å². The Labute approximate surface area is 125 Å². The number of nitrogens with one attached hydrogen (secondary N) is 1. The maximum absolute atomic E-state index is 12.5. The third-order valence-electron chi connectivity index (χ3n) is 4.26. The fourth-order valence-electron chi connectivity index (χ4n) is 3.18. The number of amides is 1. The molecule has 21 heavy (non-hydrogen) atoms. The second-order valence-corrected chi connectivity index (χ2v) is 5.65. The van der Waals surface area contributed by atoms with Gasteiger partial charge in [0, 0.05) is 17.9 Å². The zero-order valence-electron chi connectivity index (χ0n) is 12.9. The third kappa shape index (κ3) is 2.46. The molecule has 110 valence electrons. The Morgan fingerprint density at radius 2 is 2.05 bits per heavy atom. The predicted octanol–water partition coefficient (Wildman–Crippen LogP) is 3.26. The van der Waals surface area contributed by atoms with Crippen molar-refractivity contribution in [2.45, 2.75) is 46.6 Å². The molecule has 3 rings (SSSR count). The maximum atomic E-state index is 12.5. The van der Waals surface area contributed by atoms with Crippen LogP contribution in [0.25, 0.3) is 0 Å². The molecule has 0 saturated heterocycles. The number of carbonyl (C=O) groups is 1. The van der Waals surface area contributed by atoms with Crippen LogP contribution >= 0.6 is 0 Å². The largest absolute Gasteiger partial charge is 0.322 e. The lowest BCUT2D eigenvalue weighted by Gasteiger charge is -2.08. The number of carbonyl (C=O) groups excluding carboxylic acids is 1. The van der Waals surface area contributed by atoms with Gasteiger partial charge in [-0.1, -0.05) is 6.07 Å². The van der Waals surface area contributed by atoms with Crippen molar-refractivity contribution in [2.24, 2.45) is 0 Å². The van der Waals surface area contributed by atoms with Gasteiger partial charge in [-0.05, 0) is 63.3 Å². The van der Waals surface area contributed by atoms with Gasteiger partial charge in [0.05, 0.1) is 11.3 Å². The van der Waals surface area contributed by atoms with Crippen molar-refractivity contribution in [3.8, 4) is 0 Å². The number of hydrogen-bond acceptors (Lipinski definition) is 2. The maximum Gasteiger partial charge on any atom is 0.259 e. The predicted molar refractivity (Wildman–Crippen MR) is 83.8 cm³/mol. The quantitative estimate of drug-likeness (QED) is 0.939. The summed E-state index contributed by atoms with van der Waals surface area (Å²) in [6.07, 6.45) is 3.49. The Bertz CT molecular complexity index is 700. The molecule has 2 aromatic rings. The van der Waals surface area contributed by atoms with Gasteiger partial charge in [-0.2, -0.15) is 5.10 Å². The highest BCUT2D eigenvalue weighted by molar-refractivity contribution is 6.05. The van der Waals surface area contributed by atoms with Crippen LogP contribution in [0.1, 0.15) is 46.2 Å². The molecule has 0 atom stereocenters. The normalized spacial score (nSPS) is 13.3. The summed E-state index contributed by atoms with van der Waals surface area (Å²) in [6, 6.07) is 6.24. The summed E-state index contributed by atoms with van der Waals surface area (Å²) in [5, 5.41) is 7.42. The molecule has 4 heteroatoms.